The van der Waals surface area contributed by atoms with E-state index in [9.17, 15) is 18.0 Å². The molecule has 0 saturated heterocycles. The van der Waals surface area contributed by atoms with Gasteiger partial charge in [-0.2, -0.15) is 0 Å². The summed E-state index contributed by atoms with van der Waals surface area (Å²) in [6, 6.07) is 5.88. The standard InChI is InChI=1S/C13H13F3O2/c1-12(6-5-10(17)8-12)9-3-2-4-11(7-9)18-13(14,15)16/h2-4,7H,5-6,8H2,1H3. The van der Waals surface area contributed by atoms with E-state index >= 15 is 0 Å². The van der Waals surface area contributed by atoms with Crippen molar-refractivity contribution in [3.05, 3.63) is 29.8 Å². The first-order chi connectivity index (χ1) is 8.28. The summed E-state index contributed by atoms with van der Waals surface area (Å²) in [6.45, 7) is 1.89. The van der Waals surface area contributed by atoms with Crippen LogP contribution in [0.15, 0.2) is 24.3 Å². The van der Waals surface area contributed by atoms with Crippen LogP contribution in [0.25, 0.3) is 0 Å². The zero-order valence-corrected chi connectivity index (χ0v) is 9.88. The van der Waals surface area contributed by atoms with E-state index in [1.54, 1.807) is 6.07 Å². The lowest BCUT2D eigenvalue weighted by molar-refractivity contribution is -0.274. The third-order valence-electron chi connectivity index (χ3n) is 3.31. The molecule has 0 amide bonds. The van der Waals surface area contributed by atoms with Gasteiger partial charge in [0, 0.05) is 12.8 Å². The maximum atomic E-state index is 12.1. The van der Waals surface area contributed by atoms with Gasteiger partial charge in [-0.25, -0.2) is 0 Å². The fourth-order valence-electron chi connectivity index (χ4n) is 2.34. The van der Waals surface area contributed by atoms with Gasteiger partial charge in [0.05, 0.1) is 0 Å². The van der Waals surface area contributed by atoms with E-state index in [0.29, 0.717) is 19.3 Å². The minimum absolute atomic E-state index is 0.152. The van der Waals surface area contributed by atoms with Gasteiger partial charge in [0.2, 0.25) is 0 Å². The number of halogens is 3. The number of ketones is 1. The van der Waals surface area contributed by atoms with Gasteiger partial charge in [0.1, 0.15) is 11.5 Å². The molecule has 1 atom stereocenters. The second-order valence-corrected chi connectivity index (χ2v) is 4.85. The normalized spacial score (nSPS) is 24.3. The average molecular weight is 258 g/mol. The predicted molar refractivity (Wildman–Crippen MR) is 59.3 cm³/mol. The van der Waals surface area contributed by atoms with Crippen LogP contribution in [0.4, 0.5) is 13.2 Å². The molecule has 0 aromatic heterocycles. The number of rotatable bonds is 2. The maximum absolute atomic E-state index is 12.1. The number of hydrogen-bond donors (Lipinski definition) is 0. The van der Waals surface area contributed by atoms with Crippen molar-refractivity contribution in [1.29, 1.82) is 0 Å². The van der Waals surface area contributed by atoms with Gasteiger partial charge >= 0.3 is 6.36 Å². The number of Topliss-reactive ketones (excluding diaryl/α,β-unsaturated/α-hetero) is 1. The van der Waals surface area contributed by atoms with Crippen LogP contribution in [0, 0.1) is 0 Å². The Bertz CT molecular complexity index is 468. The van der Waals surface area contributed by atoms with Crippen LogP contribution in [0.5, 0.6) is 5.75 Å². The summed E-state index contributed by atoms with van der Waals surface area (Å²) in [6.07, 6.45) is -3.16. The van der Waals surface area contributed by atoms with E-state index in [-0.39, 0.29) is 16.9 Å². The molecule has 18 heavy (non-hydrogen) atoms. The lowest BCUT2D eigenvalue weighted by Gasteiger charge is -2.23. The van der Waals surface area contributed by atoms with Crippen molar-refractivity contribution in [2.24, 2.45) is 0 Å². The topological polar surface area (TPSA) is 26.3 Å². The third-order valence-corrected chi connectivity index (χ3v) is 3.31. The predicted octanol–water partition coefficient (Wildman–Crippen LogP) is 3.60. The number of carbonyl (C=O) groups is 1. The fourth-order valence-corrected chi connectivity index (χ4v) is 2.34. The molecule has 0 radical (unpaired) electrons. The lowest BCUT2D eigenvalue weighted by atomic mass is 9.81. The molecule has 0 N–H and O–H groups in total. The smallest absolute Gasteiger partial charge is 0.406 e. The second-order valence-electron chi connectivity index (χ2n) is 4.85. The third kappa shape index (κ3) is 2.83. The highest BCUT2D eigenvalue weighted by Crippen LogP contribution is 2.40. The molecule has 98 valence electrons. The zero-order valence-electron chi connectivity index (χ0n) is 9.88. The Morgan fingerprint density at radius 1 is 1.33 bits per heavy atom. The van der Waals surface area contributed by atoms with Gasteiger partial charge in [-0.3, -0.25) is 4.79 Å². The van der Waals surface area contributed by atoms with Crippen LogP contribution < -0.4 is 4.74 Å². The van der Waals surface area contributed by atoms with Crippen molar-refractivity contribution in [3.63, 3.8) is 0 Å². The van der Waals surface area contributed by atoms with Gasteiger partial charge in [-0.15, -0.1) is 13.2 Å². The molecule has 0 spiro atoms. The van der Waals surface area contributed by atoms with Crippen LogP contribution in [0.1, 0.15) is 31.7 Å². The van der Waals surface area contributed by atoms with Gasteiger partial charge in [0.25, 0.3) is 0 Å². The van der Waals surface area contributed by atoms with Crippen LogP contribution in [0.3, 0.4) is 0 Å². The maximum Gasteiger partial charge on any atom is 0.573 e. The van der Waals surface area contributed by atoms with Crippen molar-refractivity contribution in [1.82, 2.24) is 0 Å². The summed E-state index contributed by atoms with van der Waals surface area (Å²) in [5.74, 6) is -0.0831. The van der Waals surface area contributed by atoms with Gasteiger partial charge in [-0.1, -0.05) is 19.1 Å². The summed E-state index contributed by atoms with van der Waals surface area (Å²) in [5.41, 5.74) is 0.345. The molecular weight excluding hydrogens is 245 g/mol. The zero-order chi connectivity index (χ0) is 13.4. The number of alkyl halides is 3. The van der Waals surface area contributed by atoms with Gasteiger partial charge in [0.15, 0.2) is 0 Å². The second kappa shape index (κ2) is 4.30. The summed E-state index contributed by atoms with van der Waals surface area (Å²) in [7, 11) is 0. The molecular formula is C13H13F3O2. The van der Waals surface area contributed by atoms with Crippen LogP contribution in [-0.2, 0) is 10.2 Å². The van der Waals surface area contributed by atoms with Crippen LogP contribution in [-0.4, -0.2) is 12.1 Å². The monoisotopic (exact) mass is 258 g/mol. The minimum atomic E-state index is -4.69. The van der Waals surface area contributed by atoms with E-state index in [1.807, 2.05) is 6.92 Å². The highest BCUT2D eigenvalue weighted by molar-refractivity contribution is 5.82. The Morgan fingerprint density at radius 3 is 2.61 bits per heavy atom. The molecule has 0 bridgehead atoms. The first-order valence-corrected chi connectivity index (χ1v) is 5.66. The molecule has 1 unspecified atom stereocenters. The molecule has 1 saturated carbocycles. The quantitative estimate of drug-likeness (QED) is 0.810. The Balaban J connectivity index is 2.25. The van der Waals surface area contributed by atoms with Crippen molar-refractivity contribution >= 4 is 5.78 Å². The van der Waals surface area contributed by atoms with Crippen molar-refractivity contribution < 1.29 is 22.7 Å². The Kier molecular flexibility index (Phi) is 3.09. The molecule has 1 aromatic carbocycles. The molecule has 1 aliphatic rings. The van der Waals surface area contributed by atoms with Crippen molar-refractivity contribution in [3.8, 4) is 5.75 Å². The molecule has 2 rings (SSSR count). The lowest BCUT2D eigenvalue weighted by Crippen LogP contribution is -2.20. The molecule has 5 heteroatoms. The first-order valence-electron chi connectivity index (χ1n) is 5.66. The molecule has 0 aliphatic heterocycles. The van der Waals surface area contributed by atoms with E-state index < -0.39 is 6.36 Å². The van der Waals surface area contributed by atoms with Gasteiger partial charge < -0.3 is 4.74 Å². The molecule has 0 heterocycles. The molecule has 1 fully saturated rings. The molecule has 1 aliphatic carbocycles. The van der Waals surface area contributed by atoms with E-state index in [1.165, 1.54) is 18.2 Å². The summed E-state index contributed by atoms with van der Waals surface area (Å²) in [5, 5.41) is 0. The van der Waals surface area contributed by atoms with Crippen LogP contribution >= 0.6 is 0 Å². The highest BCUT2D eigenvalue weighted by Gasteiger charge is 2.36. The Morgan fingerprint density at radius 2 is 2.06 bits per heavy atom. The largest absolute Gasteiger partial charge is 0.573 e. The van der Waals surface area contributed by atoms with E-state index in [0.717, 1.165) is 5.56 Å². The highest BCUT2D eigenvalue weighted by atomic mass is 19.4. The number of hydrogen-bond acceptors (Lipinski definition) is 2. The number of benzene rings is 1. The summed E-state index contributed by atoms with van der Waals surface area (Å²) < 4.78 is 40.3. The first kappa shape index (κ1) is 12.9. The molecule has 1 aromatic rings. The SMILES string of the molecule is CC1(c2cccc(OC(F)(F)F)c2)CCC(=O)C1. The van der Waals surface area contributed by atoms with Crippen molar-refractivity contribution in [2.45, 2.75) is 38.0 Å². The average Bonchev–Trinajstić information content (AvgIpc) is 2.58. The summed E-state index contributed by atoms with van der Waals surface area (Å²) >= 11 is 0. The fraction of sp³-hybridized carbons (Fsp3) is 0.462. The van der Waals surface area contributed by atoms with E-state index in [2.05, 4.69) is 4.74 Å². The minimum Gasteiger partial charge on any atom is -0.406 e. The Labute approximate surface area is 103 Å². The van der Waals surface area contributed by atoms with Crippen molar-refractivity contribution in [2.75, 3.05) is 0 Å². The summed E-state index contributed by atoms with van der Waals surface area (Å²) in [4.78, 5) is 11.3. The van der Waals surface area contributed by atoms with Gasteiger partial charge in [-0.05, 0) is 29.5 Å². The molecule has 2 nitrogen and oxygen atoms in total. The number of ether oxygens (including phenoxy) is 1. The van der Waals surface area contributed by atoms with Crippen LogP contribution in [0.2, 0.25) is 0 Å². The Hall–Kier alpha value is -1.52. The number of carbonyl (C=O) groups excluding carboxylic acids is 1. The van der Waals surface area contributed by atoms with E-state index in [4.69, 9.17) is 0 Å².